The van der Waals surface area contributed by atoms with Crippen molar-refractivity contribution in [1.29, 1.82) is 0 Å². The quantitative estimate of drug-likeness (QED) is 0.210. The molecular formula is C11H26N4O2. The molecule has 0 rings (SSSR count). The summed E-state index contributed by atoms with van der Waals surface area (Å²) in [5.41, 5.74) is 2.63. The maximum absolute atomic E-state index is 5.49. The molecular weight excluding hydrogens is 220 g/mol. The molecule has 6 nitrogen and oxygen atoms in total. The third-order valence-electron chi connectivity index (χ3n) is 2.27. The molecule has 0 aliphatic carbocycles. The molecule has 0 amide bonds. The number of ether oxygens (including phenoxy) is 2. The number of nitrogens with two attached hydrogens (primary N) is 1. The SMILES string of the molecule is CCOCCN(CC)C(=NC(C)COC)NN. The van der Waals surface area contributed by atoms with E-state index in [0.29, 0.717) is 19.2 Å². The van der Waals surface area contributed by atoms with Gasteiger partial charge in [0.2, 0.25) is 5.96 Å². The predicted molar refractivity (Wildman–Crippen MR) is 69.8 cm³/mol. The molecule has 0 bridgehead atoms. The number of hydrogen-bond acceptors (Lipinski definition) is 4. The summed E-state index contributed by atoms with van der Waals surface area (Å²) in [7, 11) is 1.66. The molecule has 0 fully saturated rings. The van der Waals surface area contributed by atoms with Crippen molar-refractivity contribution in [2.24, 2.45) is 10.8 Å². The molecule has 6 heteroatoms. The van der Waals surface area contributed by atoms with E-state index >= 15 is 0 Å². The second kappa shape index (κ2) is 10.3. The van der Waals surface area contributed by atoms with Crippen molar-refractivity contribution in [3.63, 3.8) is 0 Å². The lowest BCUT2D eigenvalue weighted by Gasteiger charge is -2.24. The van der Waals surface area contributed by atoms with Crippen LogP contribution in [0.4, 0.5) is 0 Å². The molecule has 17 heavy (non-hydrogen) atoms. The van der Waals surface area contributed by atoms with Gasteiger partial charge in [0.25, 0.3) is 0 Å². The Morgan fingerprint density at radius 1 is 1.47 bits per heavy atom. The average molecular weight is 246 g/mol. The second-order valence-electron chi connectivity index (χ2n) is 3.68. The Bertz CT molecular complexity index is 212. The van der Waals surface area contributed by atoms with Gasteiger partial charge in [-0.05, 0) is 20.8 Å². The molecule has 0 aliphatic heterocycles. The standard InChI is InChI=1S/C11H26N4O2/c1-5-15(7-8-17-6-2)11(14-12)13-10(3)9-16-4/h10H,5-9,12H2,1-4H3,(H,13,14). The Hall–Kier alpha value is -0.850. The van der Waals surface area contributed by atoms with Gasteiger partial charge in [0, 0.05) is 26.8 Å². The number of nitrogens with zero attached hydrogens (tertiary/aromatic N) is 2. The Balaban J connectivity index is 4.35. The number of methoxy groups -OCH3 is 1. The normalized spacial score (nSPS) is 13.6. The highest BCUT2D eigenvalue weighted by Crippen LogP contribution is 1.95. The zero-order valence-electron chi connectivity index (χ0n) is 11.4. The van der Waals surface area contributed by atoms with Crippen molar-refractivity contribution in [1.82, 2.24) is 10.3 Å². The van der Waals surface area contributed by atoms with Crippen LogP contribution in [0.2, 0.25) is 0 Å². The van der Waals surface area contributed by atoms with Crippen LogP contribution in [-0.2, 0) is 9.47 Å². The van der Waals surface area contributed by atoms with Crippen molar-refractivity contribution in [3.05, 3.63) is 0 Å². The van der Waals surface area contributed by atoms with Crippen LogP contribution in [0, 0.1) is 0 Å². The maximum atomic E-state index is 5.49. The Morgan fingerprint density at radius 3 is 2.65 bits per heavy atom. The molecule has 0 saturated heterocycles. The van der Waals surface area contributed by atoms with Gasteiger partial charge in [0.1, 0.15) is 0 Å². The van der Waals surface area contributed by atoms with Gasteiger partial charge in [-0.3, -0.25) is 5.43 Å². The molecule has 0 aromatic rings. The molecule has 1 unspecified atom stereocenters. The molecule has 0 aromatic heterocycles. The average Bonchev–Trinajstić information content (AvgIpc) is 2.33. The third kappa shape index (κ3) is 7.14. The van der Waals surface area contributed by atoms with Gasteiger partial charge < -0.3 is 14.4 Å². The molecule has 0 aliphatic rings. The summed E-state index contributed by atoms with van der Waals surface area (Å²) in [6.45, 7) is 9.59. The first kappa shape index (κ1) is 16.1. The number of guanidine groups is 1. The Kier molecular flexibility index (Phi) is 9.80. The first-order chi connectivity index (χ1) is 8.19. The van der Waals surface area contributed by atoms with Crippen LogP contribution in [0.15, 0.2) is 4.99 Å². The predicted octanol–water partition coefficient (Wildman–Crippen LogP) is 0.199. The smallest absolute Gasteiger partial charge is 0.208 e. The summed E-state index contributed by atoms with van der Waals surface area (Å²) in [4.78, 5) is 6.50. The van der Waals surface area contributed by atoms with Gasteiger partial charge >= 0.3 is 0 Å². The fourth-order valence-electron chi connectivity index (χ4n) is 1.43. The van der Waals surface area contributed by atoms with Gasteiger partial charge in [-0.1, -0.05) is 0 Å². The minimum atomic E-state index is 0.0761. The number of hydrogen-bond donors (Lipinski definition) is 2. The minimum Gasteiger partial charge on any atom is -0.382 e. The van der Waals surface area contributed by atoms with Crippen LogP contribution in [0.25, 0.3) is 0 Å². The van der Waals surface area contributed by atoms with Crippen molar-refractivity contribution in [2.45, 2.75) is 26.8 Å². The van der Waals surface area contributed by atoms with Gasteiger partial charge in [-0.25, -0.2) is 10.8 Å². The van der Waals surface area contributed by atoms with E-state index in [2.05, 4.69) is 17.3 Å². The molecule has 0 heterocycles. The number of nitrogens with one attached hydrogen (secondary N) is 1. The van der Waals surface area contributed by atoms with E-state index in [1.165, 1.54) is 0 Å². The van der Waals surface area contributed by atoms with Crippen molar-refractivity contribution in [3.8, 4) is 0 Å². The van der Waals surface area contributed by atoms with E-state index in [1.54, 1.807) is 7.11 Å². The summed E-state index contributed by atoms with van der Waals surface area (Å²) >= 11 is 0. The van der Waals surface area contributed by atoms with E-state index in [9.17, 15) is 0 Å². The Morgan fingerprint density at radius 2 is 2.18 bits per heavy atom. The minimum absolute atomic E-state index is 0.0761. The summed E-state index contributed by atoms with van der Waals surface area (Å²) in [6.07, 6.45) is 0. The van der Waals surface area contributed by atoms with Crippen molar-refractivity contribution < 1.29 is 9.47 Å². The fraction of sp³-hybridized carbons (Fsp3) is 0.909. The van der Waals surface area contributed by atoms with Crippen LogP contribution < -0.4 is 11.3 Å². The highest BCUT2D eigenvalue weighted by atomic mass is 16.5. The largest absolute Gasteiger partial charge is 0.382 e. The van der Waals surface area contributed by atoms with Crippen LogP contribution in [-0.4, -0.2) is 56.9 Å². The number of likely N-dealkylation sites (N-methyl/N-ethyl adjacent to an activating group) is 1. The molecule has 0 aromatic carbocycles. The molecule has 0 radical (unpaired) electrons. The summed E-state index contributed by atoms with van der Waals surface area (Å²) in [5.74, 6) is 6.17. The highest BCUT2D eigenvalue weighted by molar-refractivity contribution is 5.79. The van der Waals surface area contributed by atoms with Crippen LogP contribution >= 0.6 is 0 Å². The van der Waals surface area contributed by atoms with Crippen LogP contribution in [0.3, 0.4) is 0 Å². The van der Waals surface area contributed by atoms with E-state index in [4.69, 9.17) is 15.3 Å². The van der Waals surface area contributed by atoms with E-state index in [1.807, 2.05) is 18.7 Å². The van der Waals surface area contributed by atoms with E-state index in [0.717, 1.165) is 19.7 Å². The second-order valence-corrected chi connectivity index (χ2v) is 3.68. The highest BCUT2D eigenvalue weighted by Gasteiger charge is 2.09. The number of hydrazine groups is 1. The lowest BCUT2D eigenvalue weighted by Crippen LogP contribution is -2.46. The van der Waals surface area contributed by atoms with E-state index < -0.39 is 0 Å². The molecule has 102 valence electrons. The zero-order valence-corrected chi connectivity index (χ0v) is 11.4. The van der Waals surface area contributed by atoms with E-state index in [-0.39, 0.29) is 6.04 Å². The maximum Gasteiger partial charge on any atom is 0.208 e. The third-order valence-corrected chi connectivity index (χ3v) is 2.27. The summed E-state index contributed by atoms with van der Waals surface area (Å²) < 4.78 is 10.4. The lowest BCUT2D eigenvalue weighted by atomic mass is 10.4. The first-order valence-electron chi connectivity index (χ1n) is 6.05. The van der Waals surface area contributed by atoms with Gasteiger partial charge in [0.05, 0.1) is 19.3 Å². The summed E-state index contributed by atoms with van der Waals surface area (Å²) in [6, 6.07) is 0.0761. The number of rotatable bonds is 8. The molecule has 3 N–H and O–H groups in total. The van der Waals surface area contributed by atoms with Crippen LogP contribution in [0.1, 0.15) is 20.8 Å². The first-order valence-corrected chi connectivity index (χ1v) is 6.05. The molecule has 1 atom stereocenters. The Labute approximate surface area is 104 Å². The molecule has 0 spiro atoms. The van der Waals surface area contributed by atoms with Gasteiger partial charge in [0.15, 0.2) is 0 Å². The van der Waals surface area contributed by atoms with Crippen molar-refractivity contribution in [2.75, 3.05) is 40.0 Å². The lowest BCUT2D eigenvalue weighted by molar-refractivity contribution is 0.132. The topological polar surface area (TPSA) is 72.1 Å². The van der Waals surface area contributed by atoms with Crippen LogP contribution in [0.5, 0.6) is 0 Å². The molecule has 0 saturated carbocycles. The zero-order chi connectivity index (χ0) is 13.1. The van der Waals surface area contributed by atoms with Crippen molar-refractivity contribution >= 4 is 5.96 Å². The van der Waals surface area contributed by atoms with Gasteiger partial charge in [-0.15, -0.1) is 0 Å². The fourth-order valence-corrected chi connectivity index (χ4v) is 1.43. The number of aliphatic imine (C=N–C) groups is 1. The summed E-state index contributed by atoms with van der Waals surface area (Å²) in [5, 5.41) is 0. The monoisotopic (exact) mass is 246 g/mol. The van der Waals surface area contributed by atoms with Gasteiger partial charge in [-0.2, -0.15) is 0 Å².